The highest BCUT2D eigenvalue weighted by Gasteiger charge is 2.20. The molecule has 0 N–H and O–H groups in total. The van der Waals surface area contributed by atoms with Gasteiger partial charge in [-0.05, 0) is 79.1 Å². The summed E-state index contributed by atoms with van der Waals surface area (Å²) >= 11 is 1.48. The second-order valence-electron chi connectivity index (χ2n) is 7.87. The van der Waals surface area contributed by atoms with Crippen LogP contribution in [0.5, 0.6) is 5.75 Å². The van der Waals surface area contributed by atoms with E-state index in [1.165, 1.54) is 22.9 Å². The smallest absolute Gasteiger partial charge is 0.137 e. The first-order valence-corrected chi connectivity index (χ1v) is 11.0. The summed E-state index contributed by atoms with van der Waals surface area (Å²) in [5.41, 5.74) is 2.60. The van der Waals surface area contributed by atoms with Crippen LogP contribution in [0.1, 0.15) is 44.7 Å². The zero-order valence-electron chi connectivity index (χ0n) is 17.5. The number of hydrogen-bond acceptors (Lipinski definition) is 2. The van der Waals surface area contributed by atoms with Gasteiger partial charge in [0.1, 0.15) is 11.6 Å². The van der Waals surface area contributed by atoms with Gasteiger partial charge in [0.2, 0.25) is 0 Å². The van der Waals surface area contributed by atoms with Gasteiger partial charge in [-0.2, -0.15) is 0 Å². The monoisotopic (exact) mass is 408 g/mol. The lowest BCUT2D eigenvalue weighted by Gasteiger charge is -2.25. The minimum Gasteiger partial charge on any atom is -0.494 e. The van der Waals surface area contributed by atoms with Gasteiger partial charge in [0.25, 0.3) is 0 Å². The quantitative estimate of drug-likeness (QED) is 0.359. The zero-order valence-corrected chi connectivity index (χ0v) is 18.3. The molecule has 0 aliphatic rings. The van der Waals surface area contributed by atoms with Crippen molar-refractivity contribution < 1.29 is 9.13 Å². The number of ether oxygens (including phenoxy) is 1. The normalized spacial score (nSPS) is 11.4. The minimum absolute atomic E-state index is 0.0897. The van der Waals surface area contributed by atoms with Gasteiger partial charge in [-0.3, -0.25) is 0 Å². The van der Waals surface area contributed by atoms with Crippen molar-refractivity contribution in [2.24, 2.45) is 0 Å². The molecule has 3 aromatic carbocycles. The number of rotatable bonds is 9. The first-order valence-electron chi connectivity index (χ1n) is 10.2. The Labute approximate surface area is 178 Å². The van der Waals surface area contributed by atoms with Gasteiger partial charge in [-0.25, -0.2) is 4.39 Å². The molecule has 0 aromatic heterocycles. The molecule has 0 bridgehead atoms. The van der Waals surface area contributed by atoms with Crippen LogP contribution in [0, 0.1) is 5.82 Å². The summed E-state index contributed by atoms with van der Waals surface area (Å²) in [6.45, 7) is 7.25. The van der Waals surface area contributed by atoms with Crippen molar-refractivity contribution in [1.29, 1.82) is 0 Å². The third-order valence-electron chi connectivity index (χ3n) is 5.18. The fraction of sp³-hybridized carbons (Fsp3) is 0.308. The summed E-state index contributed by atoms with van der Waals surface area (Å²) in [5.74, 6) is 0.763. The average molecular weight is 409 g/mol. The standard InChI is InChI=1S/C26H29FOS/c1-4-28-22-15-13-21(14-16-22)26(2,3)18-8-9-20-12-17-24(27)25(19-20)29-23-10-6-5-7-11-23/h5-7,10-17,19H,4,8-9,18H2,1-3H3. The molecule has 0 aliphatic heterocycles. The molecule has 3 heteroatoms. The molecular weight excluding hydrogens is 379 g/mol. The summed E-state index contributed by atoms with van der Waals surface area (Å²) in [7, 11) is 0. The maximum absolute atomic E-state index is 14.2. The third-order valence-corrected chi connectivity index (χ3v) is 6.22. The molecule has 0 saturated heterocycles. The van der Waals surface area contributed by atoms with Crippen molar-refractivity contribution in [3.63, 3.8) is 0 Å². The topological polar surface area (TPSA) is 9.23 Å². The van der Waals surface area contributed by atoms with Crippen molar-refractivity contribution in [3.8, 4) is 5.75 Å². The van der Waals surface area contributed by atoms with E-state index in [0.29, 0.717) is 11.5 Å². The second-order valence-corrected chi connectivity index (χ2v) is 8.99. The Morgan fingerprint density at radius 1 is 0.931 bits per heavy atom. The fourth-order valence-corrected chi connectivity index (χ4v) is 4.37. The predicted octanol–water partition coefficient (Wildman–Crippen LogP) is 7.68. The lowest BCUT2D eigenvalue weighted by Crippen LogP contribution is -2.17. The Morgan fingerprint density at radius 2 is 1.66 bits per heavy atom. The van der Waals surface area contributed by atoms with E-state index in [1.54, 1.807) is 6.07 Å². The van der Waals surface area contributed by atoms with E-state index in [4.69, 9.17) is 4.74 Å². The first kappa shape index (κ1) is 21.4. The zero-order chi connectivity index (χ0) is 20.7. The predicted molar refractivity (Wildman–Crippen MR) is 121 cm³/mol. The summed E-state index contributed by atoms with van der Waals surface area (Å²) in [5, 5.41) is 0. The number of hydrogen-bond donors (Lipinski definition) is 0. The average Bonchev–Trinajstić information content (AvgIpc) is 2.72. The van der Waals surface area contributed by atoms with Crippen molar-refractivity contribution >= 4 is 11.8 Å². The van der Waals surface area contributed by atoms with E-state index in [1.807, 2.05) is 61.5 Å². The Balaban J connectivity index is 1.60. The van der Waals surface area contributed by atoms with E-state index in [9.17, 15) is 4.39 Å². The molecule has 3 rings (SSSR count). The van der Waals surface area contributed by atoms with Gasteiger partial charge >= 0.3 is 0 Å². The Bertz CT molecular complexity index is 904. The van der Waals surface area contributed by atoms with Gasteiger partial charge in [0.05, 0.1) is 6.61 Å². The molecule has 3 aromatic rings. The van der Waals surface area contributed by atoms with Gasteiger partial charge in [-0.15, -0.1) is 0 Å². The molecule has 0 heterocycles. The SMILES string of the molecule is CCOc1ccc(C(C)(C)CCCc2ccc(F)c(Sc3ccccc3)c2)cc1. The van der Waals surface area contributed by atoms with Crippen LogP contribution in [0.25, 0.3) is 0 Å². The lowest BCUT2D eigenvalue weighted by atomic mass is 9.80. The Hall–Kier alpha value is -2.26. The highest BCUT2D eigenvalue weighted by molar-refractivity contribution is 7.99. The van der Waals surface area contributed by atoms with Crippen LogP contribution in [0.3, 0.4) is 0 Å². The van der Waals surface area contributed by atoms with Crippen molar-refractivity contribution in [3.05, 3.63) is 89.7 Å². The summed E-state index contributed by atoms with van der Waals surface area (Å²) in [6.07, 6.45) is 3.07. The van der Waals surface area contributed by atoms with E-state index >= 15 is 0 Å². The number of aryl methyl sites for hydroxylation is 1. The van der Waals surface area contributed by atoms with E-state index in [-0.39, 0.29) is 11.2 Å². The van der Waals surface area contributed by atoms with Gasteiger partial charge in [-0.1, -0.05) is 62.0 Å². The maximum Gasteiger partial charge on any atom is 0.137 e. The van der Waals surface area contributed by atoms with E-state index in [0.717, 1.165) is 29.9 Å². The molecule has 0 atom stereocenters. The molecule has 0 aliphatic carbocycles. The molecule has 152 valence electrons. The van der Waals surface area contributed by atoms with Crippen LogP contribution in [0.2, 0.25) is 0 Å². The third kappa shape index (κ3) is 6.11. The molecule has 0 spiro atoms. The van der Waals surface area contributed by atoms with E-state index in [2.05, 4.69) is 26.0 Å². The van der Waals surface area contributed by atoms with Crippen LogP contribution in [-0.2, 0) is 11.8 Å². The van der Waals surface area contributed by atoms with Crippen LogP contribution in [0.4, 0.5) is 4.39 Å². The molecule has 29 heavy (non-hydrogen) atoms. The van der Waals surface area contributed by atoms with E-state index < -0.39 is 0 Å². The summed E-state index contributed by atoms with van der Waals surface area (Å²) < 4.78 is 19.8. The minimum atomic E-state index is -0.155. The molecule has 1 nitrogen and oxygen atoms in total. The fourth-order valence-electron chi connectivity index (χ4n) is 3.44. The van der Waals surface area contributed by atoms with Crippen LogP contribution in [0.15, 0.2) is 82.6 Å². The van der Waals surface area contributed by atoms with Crippen LogP contribution < -0.4 is 4.74 Å². The molecule has 0 amide bonds. The highest BCUT2D eigenvalue weighted by Crippen LogP contribution is 2.32. The molecule has 0 fully saturated rings. The lowest BCUT2D eigenvalue weighted by molar-refractivity contribution is 0.339. The van der Waals surface area contributed by atoms with Crippen molar-refractivity contribution in [1.82, 2.24) is 0 Å². The molecular formula is C26H29FOS. The largest absolute Gasteiger partial charge is 0.494 e. The van der Waals surface area contributed by atoms with Crippen LogP contribution >= 0.6 is 11.8 Å². The molecule has 0 radical (unpaired) electrons. The Kier molecular flexibility index (Phi) is 7.38. The van der Waals surface area contributed by atoms with Gasteiger partial charge in [0, 0.05) is 9.79 Å². The number of benzene rings is 3. The number of halogens is 1. The van der Waals surface area contributed by atoms with Gasteiger partial charge in [0.15, 0.2) is 0 Å². The second kappa shape index (κ2) is 9.98. The molecule has 0 saturated carbocycles. The van der Waals surface area contributed by atoms with Crippen molar-refractivity contribution in [2.75, 3.05) is 6.61 Å². The van der Waals surface area contributed by atoms with Gasteiger partial charge < -0.3 is 4.74 Å². The van der Waals surface area contributed by atoms with Crippen LogP contribution in [-0.4, -0.2) is 6.61 Å². The highest BCUT2D eigenvalue weighted by atomic mass is 32.2. The Morgan fingerprint density at radius 3 is 2.34 bits per heavy atom. The summed E-state index contributed by atoms with van der Waals surface area (Å²) in [4.78, 5) is 1.75. The van der Waals surface area contributed by atoms with Crippen molar-refractivity contribution in [2.45, 2.75) is 55.2 Å². The summed E-state index contributed by atoms with van der Waals surface area (Å²) in [6, 6.07) is 23.9. The first-order chi connectivity index (χ1) is 14.0. The maximum atomic E-state index is 14.2. The molecule has 0 unspecified atom stereocenters.